The molecule has 2 amide bonds. The molecule has 1 atom stereocenters. The van der Waals surface area contributed by atoms with Crippen LogP contribution in [0.3, 0.4) is 0 Å². The van der Waals surface area contributed by atoms with Crippen LogP contribution >= 0.6 is 0 Å². The van der Waals surface area contributed by atoms with Crippen molar-refractivity contribution < 1.29 is 14.3 Å². The molecule has 5 nitrogen and oxygen atoms in total. The van der Waals surface area contributed by atoms with Crippen molar-refractivity contribution >= 4 is 12.0 Å². The fraction of sp³-hybridized carbons (Fsp3) is 0.867. The third-order valence-corrected chi connectivity index (χ3v) is 2.76. The normalized spacial score (nSPS) is 13.3. The third kappa shape index (κ3) is 6.26. The second kappa shape index (κ2) is 7.50. The highest BCUT2D eigenvalue weighted by Crippen LogP contribution is 2.11. The molecule has 0 bridgehead atoms. The van der Waals surface area contributed by atoms with Crippen LogP contribution in [0.25, 0.3) is 0 Å². The lowest BCUT2D eigenvalue weighted by molar-refractivity contribution is -0.137. The van der Waals surface area contributed by atoms with Gasteiger partial charge in [0.2, 0.25) is 5.91 Å². The van der Waals surface area contributed by atoms with Crippen LogP contribution in [0.4, 0.5) is 4.79 Å². The van der Waals surface area contributed by atoms with Crippen molar-refractivity contribution in [2.75, 3.05) is 0 Å². The number of hydrogen-bond acceptors (Lipinski definition) is 3. The topological polar surface area (TPSA) is 58.6 Å². The van der Waals surface area contributed by atoms with Crippen molar-refractivity contribution in [2.24, 2.45) is 0 Å². The Hall–Kier alpha value is -1.26. The summed E-state index contributed by atoms with van der Waals surface area (Å²) in [5.74, 6) is -0.0663. The van der Waals surface area contributed by atoms with Gasteiger partial charge in [0.1, 0.15) is 11.6 Å². The number of amides is 2. The van der Waals surface area contributed by atoms with E-state index in [9.17, 15) is 9.59 Å². The van der Waals surface area contributed by atoms with Crippen molar-refractivity contribution in [2.45, 2.75) is 85.5 Å². The van der Waals surface area contributed by atoms with Gasteiger partial charge in [-0.2, -0.15) is 0 Å². The molecule has 118 valence electrons. The molecule has 0 aromatic rings. The molecule has 0 rings (SSSR count). The predicted octanol–water partition coefficient (Wildman–Crippen LogP) is 2.94. The van der Waals surface area contributed by atoms with Gasteiger partial charge in [-0.25, -0.2) is 4.79 Å². The quantitative estimate of drug-likeness (QED) is 0.845. The summed E-state index contributed by atoms with van der Waals surface area (Å²) in [7, 11) is 0. The smallest absolute Gasteiger partial charge is 0.408 e. The number of rotatable bonds is 5. The highest BCUT2D eigenvalue weighted by molar-refractivity contribution is 5.86. The summed E-state index contributed by atoms with van der Waals surface area (Å²) in [6.45, 7) is 15.1. The molecule has 0 heterocycles. The molecule has 0 saturated heterocycles. The Kier molecular flexibility index (Phi) is 7.03. The first-order chi connectivity index (χ1) is 8.99. The lowest BCUT2D eigenvalue weighted by Gasteiger charge is -2.34. The zero-order valence-corrected chi connectivity index (χ0v) is 14.1. The first-order valence-electron chi connectivity index (χ1n) is 7.31. The van der Waals surface area contributed by atoms with Crippen molar-refractivity contribution in [3.8, 4) is 0 Å². The van der Waals surface area contributed by atoms with E-state index in [0.717, 1.165) is 0 Å². The molecule has 0 spiro atoms. The van der Waals surface area contributed by atoms with Gasteiger partial charge < -0.3 is 15.0 Å². The van der Waals surface area contributed by atoms with E-state index in [1.807, 2.05) is 34.6 Å². The minimum absolute atomic E-state index is 0.0663. The van der Waals surface area contributed by atoms with E-state index in [0.29, 0.717) is 6.42 Å². The van der Waals surface area contributed by atoms with E-state index in [1.165, 1.54) is 0 Å². The number of carbonyl (C=O) groups is 2. The molecular formula is C15H30N2O3. The highest BCUT2D eigenvalue weighted by Gasteiger charge is 2.29. The Morgan fingerprint density at radius 1 is 1.10 bits per heavy atom. The van der Waals surface area contributed by atoms with Gasteiger partial charge >= 0.3 is 6.09 Å². The molecule has 5 heteroatoms. The molecule has 0 aliphatic heterocycles. The van der Waals surface area contributed by atoms with E-state index in [1.54, 1.807) is 25.7 Å². The predicted molar refractivity (Wildman–Crippen MR) is 80.6 cm³/mol. The monoisotopic (exact) mass is 286 g/mol. The summed E-state index contributed by atoms with van der Waals surface area (Å²) in [5.41, 5.74) is -0.568. The van der Waals surface area contributed by atoms with Gasteiger partial charge in [-0.3, -0.25) is 4.79 Å². The molecule has 0 radical (unpaired) electrons. The number of ether oxygens (including phenoxy) is 1. The van der Waals surface area contributed by atoms with Gasteiger partial charge in [-0.1, -0.05) is 6.92 Å². The molecule has 0 saturated carbocycles. The lowest BCUT2D eigenvalue weighted by atomic mass is 10.1. The molecular weight excluding hydrogens is 256 g/mol. The van der Waals surface area contributed by atoms with Crippen LogP contribution in [-0.4, -0.2) is 40.6 Å². The Morgan fingerprint density at radius 3 is 1.85 bits per heavy atom. The van der Waals surface area contributed by atoms with Gasteiger partial charge in [0.15, 0.2) is 0 Å². The number of hydrogen-bond donors (Lipinski definition) is 1. The van der Waals surface area contributed by atoms with Gasteiger partial charge in [0.25, 0.3) is 0 Å². The molecule has 0 aromatic heterocycles. The fourth-order valence-electron chi connectivity index (χ4n) is 2.07. The zero-order valence-electron chi connectivity index (χ0n) is 14.1. The standard InChI is InChI=1S/C15H30N2O3/c1-9-12(16-14(19)20-15(6,7)8)13(18)17(10(2)3)11(4)5/h10-12H,9H2,1-8H3,(H,16,19)/t12-/m0/s1. The van der Waals surface area contributed by atoms with Gasteiger partial charge in [0, 0.05) is 12.1 Å². The summed E-state index contributed by atoms with van der Waals surface area (Å²) in [6, 6.07) is -0.358. The maximum atomic E-state index is 12.5. The van der Waals surface area contributed by atoms with Crippen LogP contribution in [0.1, 0.15) is 61.8 Å². The molecule has 0 aliphatic rings. The average molecular weight is 286 g/mol. The molecule has 1 N–H and O–H groups in total. The number of nitrogens with one attached hydrogen (secondary N) is 1. The minimum atomic E-state index is -0.568. The fourth-order valence-corrected chi connectivity index (χ4v) is 2.07. The third-order valence-electron chi connectivity index (χ3n) is 2.76. The number of alkyl carbamates (subject to hydrolysis) is 1. The molecule has 0 unspecified atom stereocenters. The van der Waals surface area contributed by atoms with Crippen molar-refractivity contribution in [3.63, 3.8) is 0 Å². The van der Waals surface area contributed by atoms with E-state index >= 15 is 0 Å². The van der Waals surface area contributed by atoms with Crippen molar-refractivity contribution in [1.29, 1.82) is 0 Å². The number of carbonyl (C=O) groups excluding carboxylic acids is 2. The van der Waals surface area contributed by atoms with Crippen LogP contribution in [-0.2, 0) is 9.53 Å². The van der Waals surface area contributed by atoms with Crippen LogP contribution < -0.4 is 5.32 Å². The molecule has 0 aromatic carbocycles. The summed E-state index contributed by atoms with van der Waals surface area (Å²) >= 11 is 0. The Balaban J connectivity index is 4.82. The van der Waals surface area contributed by atoms with Crippen LogP contribution in [0, 0.1) is 0 Å². The van der Waals surface area contributed by atoms with Crippen LogP contribution in [0.2, 0.25) is 0 Å². The largest absolute Gasteiger partial charge is 0.444 e. The molecule has 0 fully saturated rings. The number of nitrogens with zero attached hydrogens (tertiary/aromatic N) is 1. The van der Waals surface area contributed by atoms with Crippen molar-refractivity contribution in [1.82, 2.24) is 10.2 Å². The molecule has 20 heavy (non-hydrogen) atoms. The van der Waals surface area contributed by atoms with E-state index in [2.05, 4.69) is 5.32 Å². The summed E-state index contributed by atoms with van der Waals surface area (Å²) in [5, 5.41) is 2.66. The highest BCUT2D eigenvalue weighted by atomic mass is 16.6. The summed E-state index contributed by atoms with van der Waals surface area (Å²) in [6.07, 6.45) is -0.0150. The Bertz CT molecular complexity index is 325. The first-order valence-corrected chi connectivity index (χ1v) is 7.31. The van der Waals surface area contributed by atoms with Gasteiger partial charge in [-0.15, -0.1) is 0 Å². The first kappa shape index (κ1) is 18.7. The summed E-state index contributed by atoms with van der Waals surface area (Å²) < 4.78 is 5.20. The molecule has 0 aliphatic carbocycles. The average Bonchev–Trinajstić information content (AvgIpc) is 2.21. The SMILES string of the molecule is CC[C@H](NC(=O)OC(C)(C)C)C(=O)N(C(C)C)C(C)C. The van der Waals surface area contributed by atoms with Gasteiger partial charge in [-0.05, 0) is 54.9 Å². The van der Waals surface area contributed by atoms with Crippen LogP contribution in [0.15, 0.2) is 0 Å². The van der Waals surface area contributed by atoms with Crippen LogP contribution in [0.5, 0.6) is 0 Å². The lowest BCUT2D eigenvalue weighted by Crippen LogP contribution is -2.53. The van der Waals surface area contributed by atoms with Gasteiger partial charge in [0.05, 0.1) is 0 Å². The van der Waals surface area contributed by atoms with E-state index in [-0.39, 0.29) is 18.0 Å². The zero-order chi connectivity index (χ0) is 16.1. The maximum absolute atomic E-state index is 12.5. The Morgan fingerprint density at radius 2 is 1.55 bits per heavy atom. The van der Waals surface area contributed by atoms with Crippen molar-refractivity contribution in [3.05, 3.63) is 0 Å². The summed E-state index contributed by atoms with van der Waals surface area (Å²) in [4.78, 5) is 26.1. The Labute approximate surface area is 123 Å². The van der Waals surface area contributed by atoms with E-state index < -0.39 is 17.7 Å². The van der Waals surface area contributed by atoms with E-state index in [4.69, 9.17) is 4.74 Å². The maximum Gasteiger partial charge on any atom is 0.408 e. The second-order valence-electron chi connectivity index (χ2n) is 6.54. The minimum Gasteiger partial charge on any atom is -0.444 e. The second-order valence-corrected chi connectivity index (χ2v) is 6.54.